The van der Waals surface area contributed by atoms with Crippen LogP contribution in [-0.2, 0) is 18.4 Å². The van der Waals surface area contributed by atoms with Gasteiger partial charge < -0.3 is 5.73 Å². The normalized spacial score (nSPS) is 14.1. The van der Waals surface area contributed by atoms with Gasteiger partial charge in [0, 0.05) is 11.1 Å². The number of halogens is 1. The molecule has 1 nitrogen and oxygen atoms in total. The van der Waals surface area contributed by atoms with Gasteiger partial charge in [-0.15, -0.1) is 0 Å². The fourth-order valence-electron chi connectivity index (χ4n) is 2.34. The van der Waals surface area contributed by atoms with E-state index in [0.717, 1.165) is 12.0 Å². The molecule has 19 heavy (non-hydrogen) atoms. The van der Waals surface area contributed by atoms with Gasteiger partial charge in [-0.25, -0.2) is 4.39 Å². The van der Waals surface area contributed by atoms with Crippen LogP contribution in [0.15, 0.2) is 48.5 Å². The summed E-state index contributed by atoms with van der Waals surface area (Å²) in [7, 11) is 0. The van der Waals surface area contributed by atoms with E-state index in [1.807, 2.05) is 13.0 Å². The van der Waals surface area contributed by atoms with E-state index in [-0.39, 0.29) is 5.82 Å². The number of hydrogen-bond donors (Lipinski definition) is 1. The molecule has 0 amide bonds. The Balaban J connectivity index is 2.23. The average Bonchev–Trinajstić information content (AvgIpc) is 2.39. The zero-order valence-electron chi connectivity index (χ0n) is 11.5. The fourth-order valence-corrected chi connectivity index (χ4v) is 2.34. The van der Waals surface area contributed by atoms with Gasteiger partial charge in [-0.2, -0.15) is 0 Å². The van der Waals surface area contributed by atoms with Gasteiger partial charge in [0.1, 0.15) is 5.82 Å². The predicted octanol–water partition coefficient (Wildman–Crippen LogP) is 3.80. The van der Waals surface area contributed by atoms with E-state index >= 15 is 0 Å². The van der Waals surface area contributed by atoms with Crippen LogP contribution in [0.5, 0.6) is 0 Å². The second-order valence-corrected chi connectivity index (χ2v) is 5.24. The number of aryl methyl sites for hydroxylation is 1. The number of benzene rings is 2. The summed E-state index contributed by atoms with van der Waals surface area (Å²) in [6.07, 6.45) is 1.64. The van der Waals surface area contributed by atoms with Gasteiger partial charge >= 0.3 is 0 Å². The lowest BCUT2D eigenvalue weighted by atomic mass is 9.86. The highest BCUT2D eigenvalue weighted by Crippen LogP contribution is 2.25. The van der Waals surface area contributed by atoms with Gasteiger partial charge in [0.05, 0.1) is 0 Å². The lowest BCUT2D eigenvalue weighted by Crippen LogP contribution is -2.36. The van der Waals surface area contributed by atoms with Crippen LogP contribution >= 0.6 is 0 Å². The highest BCUT2D eigenvalue weighted by molar-refractivity contribution is 5.30. The van der Waals surface area contributed by atoms with Gasteiger partial charge in [-0.3, -0.25) is 0 Å². The van der Waals surface area contributed by atoms with Gasteiger partial charge in [0.15, 0.2) is 0 Å². The van der Waals surface area contributed by atoms with Gasteiger partial charge in [-0.05, 0) is 37.0 Å². The van der Waals surface area contributed by atoms with Gasteiger partial charge in [0.2, 0.25) is 0 Å². The second-order valence-electron chi connectivity index (χ2n) is 5.24. The van der Waals surface area contributed by atoms with Crippen molar-refractivity contribution < 1.29 is 4.39 Å². The molecule has 2 aromatic rings. The van der Waals surface area contributed by atoms with E-state index in [4.69, 9.17) is 5.73 Å². The maximum atomic E-state index is 13.8. The summed E-state index contributed by atoms with van der Waals surface area (Å²) in [6.45, 7) is 4.00. The van der Waals surface area contributed by atoms with E-state index in [1.165, 1.54) is 11.6 Å². The fraction of sp³-hybridized carbons (Fsp3) is 0.294. The zero-order chi connectivity index (χ0) is 13.9. The molecule has 1 atom stereocenters. The summed E-state index contributed by atoms with van der Waals surface area (Å²) in [4.78, 5) is 0. The molecule has 0 spiro atoms. The summed E-state index contributed by atoms with van der Waals surface area (Å²) in [5, 5.41) is 0. The van der Waals surface area contributed by atoms with Crippen LogP contribution in [0.25, 0.3) is 0 Å². The zero-order valence-corrected chi connectivity index (χ0v) is 11.5. The van der Waals surface area contributed by atoms with Crippen LogP contribution in [-0.4, -0.2) is 0 Å². The Morgan fingerprint density at radius 1 is 1.00 bits per heavy atom. The van der Waals surface area contributed by atoms with Crippen LogP contribution in [0.4, 0.5) is 4.39 Å². The summed E-state index contributed by atoms with van der Waals surface area (Å²) in [5.74, 6) is -0.238. The Bertz CT molecular complexity index is 543. The third-order valence-electron chi connectivity index (χ3n) is 3.49. The molecular formula is C17H20FN. The third-order valence-corrected chi connectivity index (χ3v) is 3.49. The molecule has 0 aliphatic heterocycles. The Hall–Kier alpha value is -1.67. The Morgan fingerprint density at radius 2 is 1.58 bits per heavy atom. The number of rotatable bonds is 4. The van der Waals surface area contributed by atoms with Crippen molar-refractivity contribution in [3.8, 4) is 0 Å². The lowest BCUT2D eigenvalue weighted by molar-refractivity contribution is 0.457. The minimum atomic E-state index is -0.695. The van der Waals surface area contributed by atoms with Crippen LogP contribution < -0.4 is 5.73 Å². The smallest absolute Gasteiger partial charge is 0.128 e. The highest BCUT2D eigenvalue weighted by Gasteiger charge is 2.24. The molecule has 2 N–H and O–H groups in total. The van der Waals surface area contributed by atoms with Crippen molar-refractivity contribution in [2.45, 2.75) is 32.2 Å². The maximum absolute atomic E-state index is 13.8. The SMILES string of the molecule is CCc1ccc(CC(C)(N)c2ccccc2F)cc1. The molecule has 2 rings (SSSR count). The molecule has 2 aromatic carbocycles. The quantitative estimate of drug-likeness (QED) is 0.885. The molecule has 0 aliphatic carbocycles. The largest absolute Gasteiger partial charge is 0.321 e. The first-order valence-corrected chi connectivity index (χ1v) is 6.64. The number of hydrogen-bond acceptors (Lipinski definition) is 1. The molecule has 0 aromatic heterocycles. The minimum Gasteiger partial charge on any atom is -0.321 e. The molecule has 1 unspecified atom stereocenters. The maximum Gasteiger partial charge on any atom is 0.128 e. The standard InChI is InChI=1S/C17H20FN/c1-3-13-8-10-14(11-9-13)12-17(2,19)15-6-4-5-7-16(15)18/h4-11H,3,12,19H2,1-2H3. The molecule has 100 valence electrons. The van der Waals surface area contributed by atoms with E-state index < -0.39 is 5.54 Å². The molecule has 0 heterocycles. The first-order valence-electron chi connectivity index (χ1n) is 6.64. The highest BCUT2D eigenvalue weighted by atomic mass is 19.1. The summed E-state index contributed by atoms with van der Waals surface area (Å²) in [6, 6.07) is 15.1. The van der Waals surface area contributed by atoms with Crippen molar-refractivity contribution >= 4 is 0 Å². The van der Waals surface area contributed by atoms with Crippen molar-refractivity contribution in [2.75, 3.05) is 0 Å². The molecule has 0 saturated carbocycles. The van der Waals surface area contributed by atoms with E-state index in [9.17, 15) is 4.39 Å². The average molecular weight is 257 g/mol. The summed E-state index contributed by atoms with van der Waals surface area (Å²) >= 11 is 0. The topological polar surface area (TPSA) is 26.0 Å². The predicted molar refractivity (Wildman–Crippen MR) is 77.5 cm³/mol. The van der Waals surface area contributed by atoms with Crippen LogP contribution in [0.1, 0.15) is 30.5 Å². The minimum absolute atomic E-state index is 0.238. The first-order chi connectivity index (χ1) is 9.03. The summed E-state index contributed by atoms with van der Waals surface area (Å²) in [5.41, 5.74) is 8.60. The van der Waals surface area contributed by atoms with E-state index in [0.29, 0.717) is 12.0 Å². The molecule has 0 bridgehead atoms. The molecule has 0 radical (unpaired) electrons. The van der Waals surface area contributed by atoms with Crippen molar-refractivity contribution in [1.29, 1.82) is 0 Å². The van der Waals surface area contributed by atoms with Crippen LogP contribution in [0.3, 0.4) is 0 Å². The van der Waals surface area contributed by atoms with Crippen LogP contribution in [0, 0.1) is 5.82 Å². The van der Waals surface area contributed by atoms with Crippen molar-refractivity contribution in [3.63, 3.8) is 0 Å². The first kappa shape index (κ1) is 13.8. The molecule has 0 saturated heterocycles. The number of nitrogens with two attached hydrogens (primary N) is 1. The molecule has 0 aliphatic rings. The molecule has 2 heteroatoms. The van der Waals surface area contributed by atoms with E-state index in [2.05, 4.69) is 31.2 Å². The lowest BCUT2D eigenvalue weighted by Gasteiger charge is -2.26. The monoisotopic (exact) mass is 257 g/mol. The Kier molecular flexibility index (Phi) is 4.01. The third kappa shape index (κ3) is 3.21. The summed E-state index contributed by atoms with van der Waals surface area (Å²) < 4.78 is 13.8. The molecule has 0 fully saturated rings. The van der Waals surface area contributed by atoms with Crippen LogP contribution in [0.2, 0.25) is 0 Å². The van der Waals surface area contributed by atoms with Crippen molar-refractivity contribution in [1.82, 2.24) is 0 Å². The Labute approximate surface area is 114 Å². The van der Waals surface area contributed by atoms with Gasteiger partial charge in [0.25, 0.3) is 0 Å². The second kappa shape index (κ2) is 5.54. The van der Waals surface area contributed by atoms with Crippen molar-refractivity contribution in [3.05, 3.63) is 71.0 Å². The van der Waals surface area contributed by atoms with Crippen molar-refractivity contribution in [2.24, 2.45) is 5.73 Å². The molecular weight excluding hydrogens is 237 g/mol. The van der Waals surface area contributed by atoms with E-state index in [1.54, 1.807) is 12.1 Å². The van der Waals surface area contributed by atoms with Gasteiger partial charge in [-0.1, -0.05) is 49.4 Å². The Morgan fingerprint density at radius 3 is 2.16 bits per heavy atom.